The van der Waals surface area contributed by atoms with E-state index < -0.39 is 17.7 Å². The third kappa shape index (κ3) is 3.54. The summed E-state index contributed by atoms with van der Waals surface area (Å²) in [4.78, 5) is 27.8. The number of ketones is 1. The summed E-state index contributed by atoms with van der Waals surface area (Å²) >= 11 is 0. The Kier molecular flexibility index (Phi) is 5.48. The van der Waals surface area contributed by atoms with E-state index in [0.29, 0.717) is 16.9 Å². The molecule has 6 heteroatoms. The van der Waals surface area contributed by atoms with Gasteiger partial charge in [0.1, 0.15) is 17.3 Å². The van der Waals surface area contributed by atoms with Crippen molar-refractivity contribution < 1.29 is 24.5 Å². The molecular weight excluding hydrogens is 382 g/mol. The normalized spacial score (nSPS) is 21.8. The Morgan fingerprint density at radius 2 is 1.73 bits per heavy atom. The molecule has 2 aromatic carbocycles. The van der Waals surface area contributed by atoms with Gasteiger partial charge in [-0.2, -0.15) is 0 Å². The second-order valence-electron chi connectivity index (χ2n) is 7.82. The molecule has 1 amide bonds. The van der Waals surface area contributed by atoms with Crippen LogP contribution in [0.25, 0.3) is 5.76 Å². The standard InChI is InChI=1S/C24H25NO5/c1-30-19-12-10-15(11-13-19)22(27)20-21(16-6-5-9-18(26)14-16)25(24(29)23(20)28)17-7-3-2-4-8-17/h5-6,9-14,17,21,26-27H,2-4,7-8H2,1H3/b22-20-. The van der Waals surface area contributed by atoms with E-state index in [1.165, 1.54) is 0 Å². The summed E-state index contributed by atoms with van der Waals surface area (Å²) in [6.07, 6.45) is 4.76. The maximum Gasteiger partial charge on any atom is 0.295 e. The number of aromatic hydroxyl groups is 1. The fraction of sp³-hybridized carbons (Fsp3) is 0.333. The quantitative estimate of drug-likeness (QED) is 0.452. The number of carbonyl (C=O) groups is 2. The van der Waals surface area contributed by atoms with Crippen LogP contribution in [-0.2, 0) is 9.59 Å². The van der Waals surface area contributed by atoms with E-state index in [1.54, 1.807) is 60.5 Å². The molecule has 2 fully saturated rings. The zero-order chi connectivity index (χ0) is 21.3. The van der Waals surface area contributed by atoms with Gasteiger partial charge in [0.05, 0.1) is 18.7 Å². The number of phenols is 1. The fourth-order valence-corrected chi connectivity index (χ4v) is 4.51. The van der Waals surface area contributed by atoms with Crippen LogP contribution in [0.15, 0.2) is 54.1 Å². The average Bonchev–Trinajstić information content (AvgIpc) is 3.04. The SMILES string of the molecule is COc1ccc(/C(O)=C2/C(=O)C(=O)N(C3CCCCC3)C2c2cccc(O)c2)cc1. The van der Waals surface area contributed by atoms with E-state index in [9.17, 15) is 19.8 Å². The molecule has 1 saturated carbocycles. The lowest BCUT2D eigenvalue weighted by Crippen LogP contribution is -2.40. The molecule has 0 spiro atoms. The zero-order valence-electron chi connectivity index (χ0n) is 16.9. The van der Waals surface area contributed by atoms with Gasteiger partial charge in [-0.3, -0.25) is 9.59 Å². The molecule has 1 unspecified atom stereocenters. The first kappa shape index (κ1) is 20.0. The molecule has 156 valence electrons. The van der Waals surface area contributed by atoms with Gasteiger partial charge in [-0.05, 0) is 54.8 Å². The lowest BCUT2D eigenvalue weighted by molar-refractivity contribution is -0.141. The Balaban J connectivity index is 1.85. The van der Waals surface area contributed by atoms with Gasteiger partial charge >= 0.3 is 0 Å². The second kappa shape index (κ2) is 8.22. The summed E-state index contributed by atoms with van der Waals surface area (Å²) in [5.74, 6) is -0.833. The lowest BCUT2D eigenvalue weighted by atomic mass is 9.91. The summed E-state index contributed by atoms with van der Waals surface area (Å²) in [6.45, 7) is 0. The molecular formula is C24H25NO5. The van der Waals surface area contributed by atoms with E-state index >= 15 is 0 Å². The molecule has 2 aromatic rings. The van der Waals surface area contributed by atoms with Crippen LogP contribution < -0.4 is 4.74 Å². The Labute approximate surface area is 175 Å². The maximum absolute atomic E-state index is 13.1. The van der Waals surface area contributed by atoms with Crippen LogP contribution in [-0.4, -0.2) is 40.0 Å². The van der Waals surface area contributed by atoms with Gasteiger partial charge in [-0.1, -0.05) is 31.4 Å². The molecule has 0 bridgehead atoms. The minimum atomic E-state index is -0.734. The molecule has 1 aliphatic heterocycles. The van der Waals surface area contributed by atoms with Crippen molar-refractivity contribution in [3.8, 4) is 11.5 Å². The van der Waals surface area contributed by atoms with Gasteiger partial charge in [0, 0.05) is 11.6 Å². The molecule has 6 nitrogen and oxygen atoms in total. The molecule has 0 radical (unpaired) electrons. The number of methoxy groups -OCH3 is 1. The first-order chi connectivity index (χ1) is 14.5. The Bertz CT molecular complexity index is 989. The number of phenolic OH excluding ortho intramolecular Hbond substituents is 1. The van der Waals surface area contributed by atoms with Crippen LogP contribution in [0, 0.1) is 0 Å². The van der Waals surface area contributed by atoms with Crippen molar-refractivity contribution in [1.29, 1.82) is 0 Å². The average molecular weight is 407 g/mol. The van der Waals surface area contributed by atoms with Crippen molar-refractivity contribution >= 4 is 17.4 Å². The summed E-state index contributed by atoms with van der Waals surface area (Å²) in [6, 6.07) is 12.4. The van der Waals surface area contributed by atoms with Gasteiger partial charge in [-0.25, -0.2) is 0 Å². The van der Waals surface area contributed by atoms with Crippen molar-refractivity contribution in [1.82, 2.24) is 4.90 Å². The van der Waals surface area contributed by atoms with Crippen LogP contribution in [0.2, 0.25) is 0 Å². The van der Waals surface area contributed by atoms with E-state index in [2.05, 4.69) is 0 Å². The number of hydrogen-bond acceptors (Lipinski definition) is 5. The Morgan fingerprint density at radius 1 is 1.03 bits per heavy atom. The highest BCUT2D eigenvalue weighted by Gasteiger charge is 2.48. The molecule has 4 rings (SSSR count). The third-order valence-electron chi connectivity index (χ3n) is 6.00. The van der Waals surface area contributed by atoms with Gasteiger partial charge in [-0.15, -0.1) is 0 Å². The molecule has 1 saturated heterocycles. The van der Waals surface area contributed by atoms with Gasteiger partial charge in [0.15, 0.2) is 0 Å². The van der Waals surface area contributed by atoms with Crippen molar-refractivity contribution in [3.63, 3.8) is 0 Å². The van der Waals surface area contributed by atoms with E-state index in [1.807, 2.05) is 0 Å². The molecule has 1 atom stereocenters. The number of hydrogen-bond donors (Lipinski definition) is 2. The summed E-state index contributed by atoms with van der Waals surface area (Å²) < 4.78 is 5.16. The number of ether oxygens (including phenoxy) is 1. The molecule has 0 aromatic heterocycles. The lowest BCUT2D eigenvalue weighted by Gasteiger charge is -2.35. The Hall–Kier alpha value is -3.28. The fourth-order valence-electron chi connectivity index (χ4n) is 4.51. The molecule has 1 heterocycles. The van der Waals surface area contributed by atoms with Gasteiger partial charge in [0.2, 0.25) is 0 Å². The predicted octanol–water partition coefficient (Wildman–Crippen LogP) is 4.16. The highest BCUT2D eigenvalue weighted by atomic mass is 16.5. The number of aliphatic hydroxyl groups excluding tert-OH is 1. The smallest absolute Gasteiger partial charge is 0.295 e. The highest BCUT2D eigenvalue weighted by molar-refractivity contribution is 6.46. The largest absolute Gasteiger partial charge is 0.508 e. The van der Waals surface area contributed by atoms with Crippen LogP contribution in [0.1, 0.15) is 49.3 Å². The van der Waals surface area contributed by atoms with E-state index in [4.69, 9.17) is 4.74 Å². The maximum atomic E-state index is 13.1. The first-order valence-corrected chi connectivity index (χ1v) is 10.2. The van der Waals surface area contributed by atoms with Crippen molar-refractivity contribution in [2.24, 2.45) is 0 Å². The van der Waals surface area contributed by atoms with Crippen LogP contribution in [0.4, 0.5) is 0 Å². The first-order valence-electron chi connectivity index (χ1n) is 10.2. The van der Waals surface area contributed by atoms with E-state index in [-0.39, 0.29) is 23.1 Å². The number of benzene rings is 2. The molecule has 2 aliphatic rings. The second-order valence-corrected chi connectivity index (χ2v) is 7.82. The third-order valence-corrected chi connectivity index (χ3v) is 6.00. The minimum absolute atomic E-state index is 0.0474. The van der Waals surface area contributed by atoms with Crippen molar-refractivity contribution in [2.75, 3.05) is 7.11 Å². The van der Waals surface area contributed by atoms with Crippen LogP contribution in [0.3, 0.4) is 0 Å². The number of Topliss-reactive ketones (excluding diaryl/α,β-unsaturated/α-hetero) is 1. The summed E-state index contributed by atoms with van der Waals surface area (Å²) in [5.41, 5.74) is 1.10. The number of rotatable bonds is 4. The van der Waals surface area contributed by atoms with E-state index in [0.717, 1.165) is 32.1 Å². The minimum Gasteiger partial charge on any atom is -0.508 e. The van der Waals surface area contributed by atoms with Crippen LogP contribution >= 0.6 is 0 Å². The number of carbonyl (C=O) groups excluding carboxylic acids is 2. The van der Waals surface area contributed by atoms with Gasteiger partial charge in [0.25, 0.3) is 11.7 Å². The number of nitrogens with zero attached hydrogens (tertiary/aromatic N) is 1. The number of likely N-dealkylation sites (tertiary alicyclic amines) is 1. The highest BCUT2D eigenvalue weighted by Crippen LogP contribution is 2.43. The molecule has 2 N–H and O–H groups in total. The van der Waals surface area contributed by atoms with Crippen molar-refractivity contribution in [2.45, 2.75) is 44.2 Å². The zero-order valence-corrected chi connectivity index (χ0v) is 16.9. The molecule has 1 aliphatic carbocycles. The molecule has 30 heavy (non-hydrogen) atoms. The summed E-state index contributed by atoms with van der Waals surface area (Å²) in [7, 11) is 1.55. The van der Waals surface area contributed by atoms with Crippen molar-refractivity contribution in [3.05, 3.63) is 65.2 Å². The van der Waals surface area contributed by atoms with Gasteiger partial charge < -0.3 is 19.8 Å². The summed E-state index contributed by atoms with van der Waals surface area (Å²) in [5, 5.41) is 21.1. The topological polar surface area (TPSA) is 87.1 Å². The number of amides is 1. The predicted molar refractivity (Wildman–Crippen MR) is 112 cm³/mol. The van der Waals surface area contributed by atoms with Crippen LogP contribution in [0.5, 0.6) is 11.5 Å². The number of aliphatic hydroxyl groups is 1. The Morgan fingerprint density at radius 3 is 2.37 bits per heavy atom. The monoisotopic (exact) mass is 407 g/mol.